The van der Waals surface area contributed by atoms with Gasteiger partial charge in [0.2, 0.25) is 0 Å². The molecule has 0 aromatic heterocycles. The number of rotatable bonds is 7. The molecule has 1 aliphatic carbocycles. The zero-order valence-electron chi connectivity index (χ0n) is 16.2. The summed E-state index contributed by atoms with van der Waals surface area (Å²) in [6.45, 7) is 3.88. The smallest absolute Gasteiger partial charge is 0.279 e. The largest absolute Gasteiger partial charge is 0.486 e. The van der Waals surface area contributed by atoms with Crippen molar-refractivity contribution in [3.8, 4) is 17.6 Å². The monoisotopic (exact) mass is 387 g/mol. The lowest BCUT2D eigenvalue weighted by Crippen LogP contribution is -3.14. The number of quaternary nitrogens is 1. The Labute approximate surface area is 164 Å². The number of anilines is 1. The number of nitrogens with one attached hydrogen (secondary N) is 3. The number of fused-ring (bicyclic) bond motifs is 1. The highest BCUT2D eigenvalue weighted by Crippen LogP contribution is 2.32. The summed E-state index contributed by atoms with van der Waals surface area (Å²) in [6, 6.07) is 7.53. The molecule has 1 fully saturated rings. The summed E-state index contributed by atoms with van der Waals surface area (Å²) < 4.78 is 11.0. The van der Waals surface area contributed by atoms with Gasteiger partial charge in [-0.15, -0.1) is 0 Å². The van der Waals surface area contributed by atoms with Gasteiger partial charge in [0.25, 0.3) is 11.8 Å². The quantitative estimate of drug-likeness (QED) is 0.622. The van der Waals surface area contributed by atoms with Gasteiger partial charge in [-0.05, 0) is 44.7 Å². The van der Waals surface area contributed by atoms with Crippen LogP contribution in [0, 0.1) is 11.3 Å². The van der Waals surface area contributed by atoms with E-state index in [-0.39, 0.29) is 24.9 Å². The first-order valence-corrected chi connectivity index (χ1v) is 9.79. The molecule has 1 saturated carbocycles. The van der Waals surface area contributed by atoms with E-state index in [0.29, 0.717) is 49.8 Å². The van der Waals surface area contributed by atoms with Crippen molar-refractivity contribution >= 4 is 17.5 Å². The second-order valence-corrected chi connectivity index (χ2v) is 7.31. The molecule has 8 heteroatoms. The van der Waals surface area contributed by atoms with E-state index in [1.54, 1.807) is 18.2 Å². The molecule has 1 heterocycles. The zero-order valence-corrected chi connectivity index (χ0v) is 16.2. The Bertz CT molecular complexity index is 768. The molecule has 0 saturated heterocycles. The second kappa shape index (κ2) is 8.93. The van der Waals surface area contributed by atoms with Crippen molar-refractivity contribution in [1.29, 1.82) is 5.26 Å². The minimum atomic E-state index is -0.733. The van der Waals surface area contributed by atoms with Crippen LogP contribution in [-0.4, -0.2) is 50.2 Å². The Hall–Kier alpha value is -2.79. The van der Waals surface area contributed by atoms with E-state index in [1.807, 2.05) is 6.92 Å². The molecule has 8 nitrogen and oxygen atoms in total. The van der Waals surface area contributed by atoms with Crippen molar-refractivity contribution in [2.45, 2.75) is 38.1 Å². The van der Waals surface area contributed by atoms with Crippen LogP contribution >= 0.6 is 0 Å². The van der Waals surface area contributed by atoms with Crippen LogP contribution in [0.3, 0.4) is 0 Å². The van der Waals surface area contributed by atoms with E-state index < -0.39 is 5.54 Å². The maximum atomic E-state index is 12.4. The van der Waals surface area contributed by atoms with E-state index in [9.17, 15) is 14.9 Å². The minimum Gasteiger partial charge on any atom is -0.486 e. The highest BCUT2D eigenvalue weighted by Gasteiger charge is 2.36. The van der Waals surface area contributed by atoms with Crippen LogP contribution in [0.4, 0.5) is 5.69 Å². The second-order valence-electron chi connectivity index (χ2n) is 7.31. The summed E-state index contributed by atoms with van der Waals surface area (Å²) in [7, 11) is 0. The first-order chi connectivity index (χ1) is 13.5. The van der Waals surface area contributed by atoms with Gasteiger partial charge in [0.05, 0.1) is 12.6 Å². The molecule has 1 unspecified atom stereocenters. The van der Waals surface area contributed by atoms with Gasteiger partial charge in [-0.3, -0.25) is 9.59 Å². The van der Waals surface area contributed by atoms with Gasteiger partial charge >= 0.3 is 0 Å². The molecule has 1 aliphatic heterocycles. The number of benzene rings is 1. The Morgan fingerprint density at radius 1 is 1.14 bits per heavy atom. The van der Waals surface area contributed by atoms with Gasteiger partial charge in [-0.1, -0.05) is 0 Å². The van der Waals surface area contributed by atoms with Gasteiger partial charge < -0.3 is 25.0 Å². The van der Waals surface area contributed by atoms with Gasteiger partial charge in [-0.25, -0.2) is 0 Å². The molecule has 3 rings (SSSR count). The maximum absolute atomic E-state index is 12.4. The molecule has 0 radical (unpaired) electrons. The lowest BCUT2D eigenvalue weighted by atomic mass is 10.00. The molecule has 3 N–H and O–H groups in total. The average molecular weight is 387 g/mol. The molecule has 0 spiro atoms. The highest BCUT2D eigenvalue weighted by atomic mass is 16.6. The highest BCUT2D eigenvalue weighted by molar-refractivity contribution is 5.92. The minimum absolute atomic E-state index is 0.161. The molecule has 150 valence electrons. The average Bonchev–Trinajstić information content (AvgIpc) is 3.16. The molecular weight excluding hydrogens is 360 g/mol. The fraction of sp³-hybridized carbons (Fsp3) is 0.550. The number of likely N-dealkylation sites (N-methyl/N-ethyl adjacent to an activating group) is 1. The van der Waals surface area contributed by atoms with Crippen molar-refractivity contribution in [3.63, 3.8) is 0 Å². The fourth-order valence-corrected chi connectivity index (χ4v) is 3.65. The van der Waals surface area contributed by atoms with Crippen molar-refractivity contribution in [1.82, 2.24) is 5.32 Å². The summed E-state index contributed by atoms with van der Waals surface area (Å²) >= 11 is 0. The molecule has 1 atom stereocenters. The van der Waals surface area contributed by atoms with Crippen LogP contribution in [0.1, 0.15) is 32.6 Å². The van der Waals surface area contributed by atoms with Crippen molar-refractivity contribution in [3.05, 3.63) is 18.2 Å². The third-order valence-corrected chi connectivity index (χ3v) is 5.20. The summed E-state index contributed by atoms with van der Waals surface area (Å²) in [5.41, 5.74) is -0.104. The Morgan fingerprint density at radius 2 is 1.82 bits per heavy atom. The topological polar surface area (TPSA) is 105 Å². The lowest BCUT2D eigenvalue weighted by molar-refractivity contribution is -0.881. The van der Waals surface area contributed by atoms with Crippen molar-refractivity contribution < 1.29 is 24.0 Å². The number of amides is 2. The summed E-state index contributed by atoms with van der Waals surface area (Å²) in [4.78, 5) is 25.6. The van der Waals surface area contributed by atoms with Crippen LogP contribution in [0.15, 0.2) is 18.2 Å². The van der Waals surface area contributed by atoms with Gasteiger partial charge in [-0.2, -0.15) is 5.26 Å². The van der Waals surface area contributed by atoms with Gasteiger partial charge in [0.1, 0.15) is 18.8 Å². The number of ether oxygens (including phenoxy) is 2. The van der Waals surface area contributed by atoms with E-state index in [4.69, 9.17) is 9.47 Å². The number of hydrogen-bond acceptors (Lipinski definition) is 5. The summed E-state index contributed by atoms with van der Waals surface area (Å²) in [5.74, 6) is 0.908. The van der Waals surface area contributed by atoms with Crippen molar-refractivity contribution in [2.24, 2.45) is 0 Å². The standard InChI is InChI=1S/C20H26N4O4/c1-2-24(13-19(26)23-20(14-21)7-3-4-8-20)12-18(25)22-15-5-6-16-17(11-15)28-10-9-27-16/h5-6,11H,2-4,7-10,12-13H2,1H3,(H,22,25)(H,23,26)/p+1. The molecule has 2 amide bonds. The number of nitrogens with zero attached hydrogens (tertiary/aromatic N) is 1. The van der Waals surface area contributed by atoms with Crippen LogP contribution < -0.4 is 25.0 Å². The predicted molar refractivity (Wildman–Crippen MR) is 102 cm³/mol. The summed E-state index contributed by atoms with van der Waals surface area (Å²) in [6.07, 6.45) is 3.30. The molecule has 28 heavy (non-hydrogen) atoms. The molecule has 2 aliphatic rings. The van der Waals surface area contributed by atoms with Crippen LogP contribution in [-0.2, 0) is 9.59 Å². The Morgan fingerprint density at radius 3 is 2.50 bits per heavy atom. The predicted octanol–water partition coefficient (Wildman–Crippen LogP) is 0.254. The van der Waals surface area contributed by atoms with Crippen LogP contribution in [0.25, 0.3) is 0 Å². The SMILES string of the molecule is CC[NH+](CC(=O)Nc1ccc2c(c1)OCCO2)CC(=O)NC1(C#N)CCCC1. The van der Waals surface area contributed by atoms with Crippen molar-refractivity contribution in [2.75, 3.05) is 38.2 Å². The van der Waals surface area contributed by atoms with E-state index >= 15 is 0 Å². The maximum Gasteiger partial charge on any atom is 0.279 e. The lowest BCUT2D eigenvalue weighted by Gasteiger charge is -2.24. The van der Waals surface area contributed by atoms with Gasteiger partial charge in [0, 0.05) is 11.8 Å². The first kappa shape index (κ1) is 20.0. The first-order valence-electron chi connectivity index (χ1n) is 9.79. The van der Waals surface area contributed by atoms with E-state index in [1.165, 1.54) is 0 Å². The van der Waals surface area contributed by atoms with E-state index in [0.717, 1.165) is 17.7 Å². The van der Waals surface area contributed by atoms with E-state index in [2.05, 4.69) is 16.7 Å². The third kappa shape index (κ3) is 4.93. The normalized spacial score (nSPS) is 18.0. The molecule has 1 aromatic rings. The fourth-order valence-electron chi connectivity index (χ4n) is 3.65. The number of nitriles is 1. The third-order valence-electron chi connectivity index (χ3n) is 5.20. The molecule has 1 aromatic carbocycles. The van der Waals surface area contributed by atoms with Gasteiger partial charge in [0.15, 0.2) is 24.6 Å². The Balaban J connectivity index is 1.52. The number of carbonyl (C=O) groups excluding carboxylic acids is 2. The summed E-state index contributed by atoms with van der Waals surface area (Å²) in [5, 5.41) is 15.1. The zero-order chi connectivity index (χ0) is 20.0. The number of carbonyl (C=O) groups is 2. The molecule has 0 bridgehead atoms. The number of hydrogen-bond donors (Lipinski definition) is 3. The van der Waals surface area contributed by atoms with Crippen LogP contribution in [0.2, 0.25) is 0 Å². The molecular formula is C20H27N4O4+. The van der Waals surface area contributed by atoms with Crippen LogP contribution in [0.5, 0.6) is 11.5 Å². The Kier molecular flexibility index (Phi) is 6.37.